The molecule has 12 heteroatoms. The van der Waals surface area contributed by atoms with Gasteiger partial charge in [0.1, 0.15) is 30.0 Å². The van der Waals surface area contributed by atoms with Gasteiger partial charge in [-0.3, -0.25) is 0 Å². The summed E-state index contributed by atoms with van der Waals surface area (Å²) < 4.78 is 36.9. The second-order valence-electron chi connectivity index (χ2n) is 8.15. The van der Waals surface area contributed by atoms with Gasteiger partial charge in [-0.05, 0) is 18.6 Å². The first-order chi connectivity index (χ1) is 14.7. The molecule has 2 saturated carbocycles. The number of halogens is 2. The van der Waals surface area contributed by atoms with Crippen LogP contribution in [-0.2, 0) is 14.9 Å². The zero-order valence-electron chi connectivity index (χ0n) is 16.3. The molecule has 2 aliphatic carbocycles. The summed E-state index contributed by atoms with van der Waals surface area (Å²) in [6.07, 6.45) is -3.38. The predicted octanol–water partition coefficient (Wildman–Crippen LogP) is 1.01. The van der Waals surface area contributed by atoms with Crippen LogP contribution >= 0.6 is 0 Å². The molecule has 0 aromatic carbocycles. The largest absolute Gasteiger partial charge is 0.508 e. The van der Waals surface area contributed by atoms with Crippen molar-refractivity contribution in [2.24, 2.45) is 11.8 Å². The number of ether oxygens (including phenoxy) is 2. The van der Waals surface area contributed by atoms with Gasteiger partial charge in [-0.15, -0.1) is 0 Å². The first kappa shape index (κ1) is 21.2. The Bertz CT molecular complexity index is 1030. The number of nitrogens with two attached hydrogens (primary N) is 1. The Kier molecular flexibility index (Phi) is 5.18. The lowest BCUT2D eigenvalue weighted by molar-refractivity contribution is -0.125. The van der Waals surface area contributed by atoms with E-state index in [1.165, 1.54) is 10.8 Å². The molecule has 2 aliphatic rings. The van der Waals surface area contributed by atoms with Gasteiger partial charge in [-0.2, -0.15) is 10.4 Å². The van der Waals surface area contributed by atoms with Crippen LogP contribution in [-0.4, -0.2) is 62.3 Å². The van der Waals surface area contributed by atoms with Crippen molar-refractivity contribution < 1.29 is 33.3 Å². The van der Waals surface area contributed by atoms with E-state index in [4.69, 9.17) is 15.2 Å². The monoisotopic (exact) mass is 437 g/mol. The molecule has 0 bridgehead atoms. The predicted molar refractivity (Wildman–Crippen MR) is 99.8 cm³/mol. The number of fused-ring (bicyclic) bond motifs is 1. The van der Waals surface area contributed by atoms with Gasteiger partial charge >= 0.3 is 6.16 Å². The third kappa shape index (κ3) is 3.64. The second-order valence-corrected chi connectivity index (χ2v) is 8.15. The van der Waals surface area contributed by atoms with Gasteiger partial charge in [-0.25, -0.2) is 23.1 Å². The Morgan fingerprint density at radius 1 is 1.29 bits per heavy atom. The van der Waals surface area contributed by atoms with Crippen molar-refractivity contribution in [1.29, 1.82) is 5.26 Å². The molecule has 4 N–H and O–H groups in total. The summed E-state index contributed by atoms with van der Waals surface area (Å²) in [6, 6.07) is 5.26. The van der Waals surface area contributed by atoms with Crippen molar-refractivity contribution in [2.45, 2.75) is 42.8 Å². The molecule has 2 heterocycles. The molecule has 0 radical (unpaired) electrons. The van der Waals surface area contributed by atoms with Crippen LogP contribution in [0.15, 0.2) is 18.5 Å². The van der Waals surface area contributed by atoms with Crippen LogP contribution in [0.5, 0.6) is 0 Å². The van der Waals surface area contributed by atoms with E-state index in [2.05, 4.69) is 16.2 Å². The summed E-state index contributed by atoms with van der Waals surface area (Å²) in [7, 11) is 0. The molecular formula is C19H21F2N5O5. The maximum absolute atomic E-state index is 12.8. The smallest absolute Gasteiger partial charge is 0.434 e. The van der Waals surface area contributed by atoms with Gasteiger partial charge in [0, 0.05) is 24.7 Å². The molecule has 0 unspecified atom stereocenters. The fraction of sp³-hybridized carbons (Fsp3) is 0.579. The lowest BCUT2D eigenvalue weighted by atomic mass is 9.81. The number of carbonyl (C=O) groups is 1. The summed E-state index contributed by atoms with van der Waals surface area (Å²) in [6.45, 7) is -0.495. The van der Waals surface area contributed by atoms with Gasteiger partial charge in [0.25, 0.3) is 0 Å². The van der Waals surface area contributed by atoms with E-state index in [0.29, 0.717) is 11.2 Å². The molecule has 2 aromatic heterocycles. The maximum Gasteiger partial charge on any atom is 0.508 e. The van der Waals surface area contributed by atoms with E-state index in [1.807, 2.05) is 0 Å². The highest BCUT2D eigenvalue weighted by Gasteiger charge is 2.56. The van der Waals surface area contributed by atoms with E-state index in [9.17, 15) is 29.1 Å². The number of nitrogen functional groups attached to an aromatic ring is 1. The van der Waals surface area contributed by atoms with Crippen molar-refractivity contribution in [3.8, 4) is 6.07 Å². The Morgan fingerprint density at radius 2 is 2.00 bits per heavy atom. The highest BCUT2D eigenvalue weighted by Crippen LogP contribution is 2.45. The molecule has 31 heavy (non-hydrogen) atoms. The van der Waals surface area contributed by atoms with Crippen molar-refractivity contribution >= 4 is 17.5 Å². The second kappa shape index (κ2) is 7.58. The minimum atomic E-state index is -2.71. The van der Waals surface area contributed by atoms with Crippen LogP contribution in [0.4, 0.5) is 19.4 Å². The lowest BCUT2D eigenvalue weighted by Gasteiger charge is -2.34. The minimum absolute atomic E-state index is 0.0238. The molecule has 10 nitrogen and oxygen atoms in total. The SMILES string of the molecule is N#C[C@@]1(c2ccc3c(N)ncnn23)C[C@H](COC(=O)OCC2CC(F)(F)C2)[C@@H](O)[C@H]1O. The first-order valence-corrected chi connectivity index (χ1v) is 9.70. The molecular weight excluding hydrogens is 416 g/mol. The van der Waals surface area contributed by atoms with Gasteiger partial charge in [-0.1, -0.05) is 0 Å². The molecule has 2 fully saturated rings. The number of aromatic nitrogens is 3. The van der Waals surface area contributed by atoms with Crippen molar-refractivity contribution in [3.05, 3.63) is 24.2 Å². The molecule has 0 spiro atoms. The molecule has 4 atom stereocenters. The topological polar surface area (TPSA) is 156 Å². The average Bonchev–Trinajstić information content (AvgIpc) is 3.25. The summed E-state index contributed by atoms with van der Waals surface area (Å²) in [4.78, 5) is 15.7. The quantitative estimate of drug-likeness (QED) is 0.581. The van der Waals surface area contributed by atoms with E-state index in [0.717, 1.165) is 0 Å². The number of anilines is 1. The van der Waals surface area contributed by atoms with Crippen LogP contribution in [0.25, 0.3) is 5.52 Å². The number of alkyl halides is 2. The van der Waals surface area contributed by atoms with Crippen molar-refractivity contribution in [1.82, 2.24) is 14.6 Å². The number of carbonyl (C=O) groups excluding carboxylic acids is 1. The van der Waals surface area contributed by atoms with Crippen LogP contribution in [0.1, 0.15) is 25.0 Å². The van der Waals surface area contributed by atoms with E-state index < -0.39 is 41.5 Å². The molecule has 0 aliphatic heterocycles. The number of nitrogens with zero attached hydrogens (tertiary/aromatic N) is 4. The van der Waals surface area contributed by atoms with E-state index in [1.54, 1.807) is 12.1 Å². The Balaban J connectivity index is 1.42. The van der Waals surface area contributed by atoms with Crippen LogP contribution < -0.4 is 5.73 Å². The van der Waals surface area contributed by atoms with Gasteiger partial charge in [0.15, 0.2) is 5.82 Å². The number of hydrogen-bond acceptors (Lipinski definition) is 9. The summed E-state index contributed by atoms with van der Waals surface area (Å²) in [5.41, 5.74) is 5.06. The van der Waals surface area contributed by atoms with Crippen LogP contribution in [0.2, 0.25) is 0 Å². The number of aliphatic hydroxyl groups excluding tert-OH is 2. The number of rotatable bonds is 5. The Labute approximate surface area is 175 Å². The highest BCUT2D eigenvalue weighted by atomic mass is 19.3. The van der Waals surface area contributed by atoms with Gasteiger partial charge in [0.05, 0.1) is 24.5 Å². The summed E-state index contributed by atoms with van der Waals surface area (Å²) >= 11 is 0. The summed E-state index contributed by atoms with van der Waals surface area (Å²) in [5, 5.41) is 35.2. The fourth-order valence-electron chi connectivity index (χ4n) is 4.38. The zero-order valence-corrected chi connectivity index (χ0v) is 16.3. The Hall–Kier alpha value is -3.04. The molecule has 4 rings (SSSR count). The standard InChI is InChI=1S/C19H21F2N5O5/c20-19(21)3-10(4-19)6-30-17(29)31-7-11-5-18(8-22,15(28)14(11)27)13-2-1-12-16(23)24-9-25-26(12)13/h1-2,9-11,14-15,27-28H,3-7H2,(H2,23,24,25)/t11-,14-,15-,18-/m1/s1. The van der Waals surface area contributed by atoms with E-state index in [-0.39, 0.29) is 38.3 Å². The first-order valence-electron chi connectivity index (χ1n) is 9.70. The zero-order chi connectivity index (χ0) is 22.4. The Morgan fingerprint density at radius 3 is 2.68 bits per heavy atom. The lowest BCUT2D eigenvalue weighted by Crippen LogP contribution is -2.40. The fourth-order valence-corrected chi connectivity index (χ4v) is 4.38. The molecule has 166 valence electrons. The average molecular weight is 437 g/mol. The molecule has 0 amide bonds. The number of hydrogen-bond donors (Lipinski definition) is 3. The maximum atomic E-state index is 12.8. The number of aliphatic hydroxyl groups is 2. The van der Waals surface area contributed by atoms with Crippen LogP contribution in [0, 0.1) is 23.2 Å². The third-order valence-corrected chi connectivity index (χ3v) is 6.06. The number of nitriles is 1. The van der Waals surface area contributed by atoms with Gasteiger partial charge in [0.2, 0.25) is 5.92 Å². The molecule has 2 aromatic rings. The van der Waals surface area contributed by atoms with Crippen LogP contribution in [0.3, 0.4) is 0 Å². The molecule has 0 saturated heterocycles. The normalized spacial score (nSPS) is 30.0. The van der Waals surface area contributed by atoms with Gasteiger partial charge < -0.3 is 25.4 Å². The van der Waals surface area contributed by atoms with E-state index >= 15 is 0 Å². The minimum Gasteiger partial charge on any atom is -0.434 e. The summed E-state index contributed by atoms with van der Waals surface area (Å²) in [5.74, 6) is -3.69. The van der Waals surface area contributed by atoms with Crippen molar-refractivity contribution in [2.75, 3.05) is 18.9 Å². The highest BCUT2D eigenvalue weighted by molar-refractivity contribution is 5.66. The third-order valence-electron chi connectivity index (χ3n) is 6.06. The van der Waals surface area contributed by atoms with Crippen molar-refractivity contribution in [3.63, 3.8) is 0 Å².